The normalized spacial score (nSPS) is 10.9. The molecule has 2 N–H and O–H groups in total. The minimum Gasteiger partial charge on any atom is -0.494 e. The fourth-order valence-electron chi connectivity index (χ4n) is 2.50. The first-order valence-corrected chi connectivity index (χ1v) is 7.62. The number of H-pyrrole nitrogens is 1. The highest BCUT2D eigenvalue weighted by atomic mass is 16.5. The lowest BCUT2D eigenvalue weighted by atomic mass is 10.1. The third kappa shape index (κ3) is 2.82. The molecule has 25 heavy (non-hydrogen) atoms. The summed E-state index contributed by atoms with van der Waals surface area (Å²) in [6.45, 7) is 2.47. The molecule has 9 heteroatoms. The molecule has 0 aliphatic heterocycles. The Morgan fingerprint density at radius 2 is 2.08 bits per heavy atom. The Balaban J connectivity index is 1.82. The molecule has 0 radical (unpaired) electrons. The van der Waals surface area contributed by atoms with Gasteiger partial charge in [-0.2, -0.15) is 5.21 Å². The van der Waals surface area contributed by atoms with E-state index in [4.69, 9.17) is 4.74 Å². The Morgan fingerprint density at radius 3 is 2.88 bits per heavy atom. The van der Waals surface area contributed by atoms with E-state index in [-0.39, 0.29) is 11.9 Å². The molecule has 1 amide bonds. The Labute approximate surface area is 141 Å². The van der Waals surface area contributed by atoms with Crippen molar-refractivity contribution in [2.24, 2.45) is 0 Å². The van der Waals surface area contributed by atoms with Crippen molar-refractivity contribution in [1.29, 1.82) is 0 Å². The second-order valence-corrected chi connectivity index (χ2v) is 5.17. The Morgan fingerprint density at radius 1 is 1.16 bits per heavy atom. The van der Waals surface area contributed by atoms with Crippen LogP contribution in [-0.4, -0.2) is 43.1 Å². The van der Waals surface area contributed by atoms with Gasteiger partial charge in [0.25, 0.3) is 11.9 Å². The standard InChI is InChI=1S/C16H13N7O2/c1-2-25-9-6-7-11-13(8-9)18-14-10(4-3-5-12(14)17-11)15(24)19-16-20-22-23-21-16/h3-8H,2H2,1H3,(H2,19,20,21,22,23,24). The van der Waals surface area contributed by atoms with Crippen LogP contribution in [0.3, 0.4) is 0 Å². The maximum atomic E-state index is 12.5. The Hall–Kier alpha value is -3.62. The molecule has 0 aliphatic rings. The number of anilines is 1. The van der Waals surface area contributed by atoms with Gasteiger partial charge in [0.05, 0.1) is 28.7 Å². The van der Waals surface area contributed by atoms with E-state index in [2.05, 4.69) is 35.9 Å². The van der Waals surface area contributed by atoms with Gasteiger partial charge in [-0.15, -0.1) is 5.10 Å². The molecule has 4 aromatic rings. The van der Waals surface area contributed by atoms with E-state index in [9.17, 15) is 4.79 Å². The summed E-state index contributed by atoms with van der Waals surface area (Å²) in [5.74, 6) is 0.411. The van der Waals surface area contributed by atoms with Crippen LogP contribution in [0.1, 0.15) is 17.3 Å². The zero-order valence-corrected chi connectivity index (χ0v) is 13.2. The van der Waals surface area contributed by atoms with Gasteiger partial charge >= 0.3 is 0 Å². The number of nitrogens with zero attached hydrogens (tertiary/aromatic N) is 5. The number of aromatic nitrogens is 6. The molecule has 0 spiro atoms. The molecule has 0 saturated heterocycles. The largest absolute Gasteiger partial charge is 0.494 e. The number of hydrogen-bond acceptors (Lipinski definition) is 7. The molecule has 4 rings (SSSR count). The molecule has 0 aliphatic carbocycles. The van der Waals surface area contributed by atoms with Crippen LogP contribution in [0.25, 0.3) is 22.1 Å². The van der Waals surface area contributed by atoms with Crippen LogP contribution >= 0.6 is 0 Å². The molecular weight excluding hydrogens is 322 g/mol. The lowest BCUT2D eigenvalue weighted by Crippen LogP contribution is -2.14. The van der Waals surface area contributed by atoms with E-state index in [0.717, 1.165) is 5.52 Å². The van der Waals surface area contributed by atoms with Gasteiger partial charge in [0.2, 0.25) is 0 Å². The average molecular weight is 335 g/mol. The van der Waals surface area contributed by atoms with Crippen molar-refractivity contribution in [3.8, 4) is 5.75 Å². The molecule has 0 atom stereocenters. The summed E-state index contributed by atoms with van der Waals surface area (Å²) < 4.78 is 5.50. The second-order valence-electron chi connectivity index (χ2n) is 5.17. The van der Waals surface area contributed by atoms with Crippen LogP contribution in [0.2, 0.25) is 0 Å². The maximum Gasteiger partial charge on any atom is 0.270 e. The van der Waals surface area contributed by atoms with Crippen LogP contribution < -0.4 is 10.1 Å². The minimum absolute atomic E-state index is 0.0920. The number of ether oxygens (including phenoxy) is 1. The number of rotatable bonds is 4. The third-order valence-corrected chi connectivity index (χ3v) is 3.56. The first kappa shape index (κ1) is 14.9. The number of nitrogens with one attached hydrogen (secondary N) is 2. The molecule has 2 aromatic heterocycles. The predicted molar refractivity (Wildman–Crippen MR) is 90.3 cm³/mol. The van der Waals surface area contributed by atoms with Gasteiger partial charge in [-0.25, -0.2) is 9.97 Å². The smallest absolute Gasteiger partial charge is 0.270 e. The van der Waals surface area contributed by atoms with Gasteiger partial charge in [-0.05, 0) is 36.4 Å². The molecule has 0 bridgehead atoms. The van der Waals surface area contributed by atoms with Gasteiger partial charge in [0.15, 0.2) is 0 Å². The fraction of sp³-hybridized carbons (Fsp3) is 0.125. The van der Waals surface area contributed by atoms with Gasteiger partial charge in [-0.1, -0.05) is 11.2 Å². The van der Waals surface area contributed by atoms with Crippen LogP contribution in [0.15, 0.2) is 36.4 Å². The molecule has 0 saturated carbocycles. The number of carbonyl (C=O) groups excluding carboxylic acids is 1. The number of carbonyl (C=O) groups is 1. The molecule has 2 aromatic carbocycles. The zero-order valence-electron chi connectivity index (χ0n) is 13.2. The number of para-hydroxylation sites is 1. The van der Waals surface area contributed by atoms with Crippen molar-refractivity contribution in [2.75, 3.05) is 11.9 Å². The molecular formula is C16H13N7O2. The van der Waals surface area contributed by atoms with Crippen molar-refractivity contribution in [3.05, 3.63) is 42.0 Å². The zero-order chi connectivity index (χ0) is 17.2. The Kier molecular flexibility index (Phi) is 3.65. The lowest BCUT2D eigenvalue weighted by Gasteiger charge is -2.08. The van der Waals surface area contributed by atoms with Crippen LogP contribution in [0, 0.1) is 0 Å². The average Bonchev–Trinajstić information content (AvgIpc) is 3.12. The number of benzene rings is 2. The van der Waals surface area contributed by atoms with Crippen molar-refractivity contribution in [3.63, 3.8) is 0 Å². The number of tetrazole rings is 1. The number of fused-ring (bicyclic) bond motifs is 2. The minimum atomic E-state index is -0.387. The summed E-state index contributed by atoms with van der Waals surface area (Å²) in [5.41, 5.74) is 2.87. The molecule has 2 heterocycles. The van der Waals surface area contributed by atoms with Gasteiger partial charge in [-0.3, -0.25) is 10.1 Å². The molecule has 0 fully saturated rings. The second kappa shape index (κ2) is 6.11. The third-order valence-electron chi connectivity index (χ3n) is 3.56. The first-order chi connectivity index (χ1) is 12.2. The van der Waals surface area contributed by atoms with Crippen molar-refractivity contribution in [1.82, 2.24) is 30.6 Å². The quantitative estimate of drug-likeness (QED) is 0.547. The number of hydrogen-bond donors (Lipinski definition) is 2. The van der Waals surface area contributed by atoms with Gasteiger partial charge in [0, 0.05) is 6.07 Å². The Bertz CT molecular complexity index is 1060. The first-order valence-electron chi connectivity index (χ1n) is 7.62. The highest BCUT2D eigenvalue weighted by Gasteiger charge is 2.15. The summed E-state index contributed by atoms with van der Waals surface area (Å²) in [4.78, 5) is 21.7. The fourth-order valence-corrected chi connectivity index (χ4v) is 2.50. The number of amides is 1. The van der Waals surface area contributed by atoms with Crippen LogP contribution in [0.4, 0.5) is 5.95 Å². The van der Waals surface area contributed by atoms with Gasteiger partial charge in [0.1, 0.15) is 11.3 Å². The van der Waals surface area contributed by atoms with E-state index >= 15 is 0 Å². The summed E-state index contributed by atoms with van der Waals surface area (Å²) in [6.07, 6.45) is 0. The molecule has 0 unspecified atom stereocenters. The van der Waals surface area contributed by atoms with E-state index in [1.165, 1.54) is 0 Å². The number of aromatic amines is 1. The van der Waals surface area contributed by atoms with Crippen LogP contribution in [-0.2, 0) is 0 Å². The maximum absolute atomic E-state index is 12.5. The lowest BCUT2D eigenvalue weighted by molar-refractivity contribution is 0.102. The van der Waals surface area contributed by atoms with E-state index in [0.29, 0.717) is 34.5 Å². The summed E-state index contributed by atoms with van der Waals surface area (Å²) in [7, 11) is 0. The molecule has 9 nitrogen and oxygen atoms in total. The highest BCUT2D eigenvalue weighted by molar-refractivity contribution is 6.11. The monoisotopic (exact) mass is 335 g/mol. The van der Waals surface area contributed by atoms with Crippen molar-refractivity contribution in [2.45, 2.75) is 6.92 Å². The highest BCUT2D eigenvalue weighted by Crippen LogP contribution is 2.23. The topological polar surface area (TPSA) is 119 Å². The SMILES string of the molecule is CCOc1ccc2nc3cccc(C(=O)Nc4nn[nH]n4)c3nc2c1. The van der Waals surface area contributed by atoms with Crippen molar-refractivity contribution < 1.29 is 9.53 Å². The van der Waals surface area contributed by atoms with Gasteiger partial charge < -0.3 is 4.74 Å². The summed E-state index contributed by atoms with van der Waals surface area (Å²) in [6, 6.07) is 10.7. The predicted octanol–water partition coefficient (Wildman–Crippen LogP) is 1.95. The summed E-state index contributed by atoms with van der Waals surface area (Å²) >= 11 is 0. The van der Waals surface area contributed by atoms with Crippen molar-refractivity contribution >= 4 is 33.9 Å². The summed E-state index contributed by atoms with van der Waals surface area (Å²) in [5, 5.41) is 15.7. The van der Waals surface area contributed by atoms with E-state index < -0.39 is 0 Å². The molecule has 124 valence electrons. The van der Waals surface area contributed by atoms with E-state index in [1.54, 1.807) is 18.2 Å². The van der Waals surface area contributed by atoms with Crippen LogP contribution in [0.5, 0.6) is 5.75 Å². The van der Waals surface area contributed by atoms with E-state index in [1.807, 2.05) is 25.1 Å².